The molecule has 0 radical (unpaired) electrons. The van der Waals surface area contributed by atoms with Gasteiger partial charge in [-0.3, -0.25) is 9.80 Å². The quantitative estimate of drug-likeness (QED) is 0.179. The largest absolute Gasteiger partial charge is 0.465 e. The van der Waals surface area contributed by atoms with E-state index in [1.165, 1.54) is 37.3 Å². The van der Waals surface area contributed by atoms with Crippen LogP contribution in [0.25, 0.3) is 0 Å². The standard InChI is InChI=1S/C11H15N3O5S/c1-13(7-20(17)18)9-3-8(11(16)19-2)4-10(5-9)14(12)6-15/h3-6,20H,7,12H2,1-2H3. The van der Waals surface area contributed by atoms with Crippen LogP contribution in [0.1, 0.15) is 10.4 Å². The highest BCUT2D eigenvalue weighted by molar-refractivity contribution is 7.72. The summed E-state index contributed by atoms with van der Waals surface area (Å²) in [4.78, 5) is 23.7. The zero-order valence-electron chi connectivity index (χ0n) is 11.0. The number of benzene rings is 1. The molecule has 0 fully saturated rings. The Morgan fingerprint density at radius 1 is 1.35 bits per heavy atom. The van der Waals surface area contributed by atoms with Crippen LogP contribution in [0.2, 0.25) is 0 Å². The Balaban J connectivity index is 3.28. The van der Waals surface area contributed by atoms with Gasteiger partial charge < -0.3 is 9.64 Å². The van der Waals surface area contributed by atoms with Gasteiger partial charge in [0, 0.05) is 12.7 Å². The molecule has 0 saturated heterocycles. The number of carbonyl (C=O) groups excluding carboxylic acids is 2. The van der Waals surface area contributed by atoms with Crippen LogP contribution in [0, 0.1) is 0 Å². The molecule has 1 amide bonds. The molecule has 1 aromatic rings. The lowest BCUT2D eigenvalue weighted by molar-refractivity contribution is -0.107. The number of hydrogen-bond donors (Lipinski definition) is 2. The van der Waals surface area contributed by atoms with E-state index in [9.17, 15) is 18.0 Å². The second kappa shape index (κ2) is 6.87. The highest BCUT2D eigenvalue weighted by Crippen LogP contribution is 2.23. The van der Waals surface area contributed by atoms with Crippen molar-refractivity contribution in [1.82, 2.24) is 0 Å². The molecule has 20 heavy (non-hydrogen) atoms. The fourth-order valence-electron chi connectivity index (χ4n) is 1.52. The van der Waals surface area contributed by atoms with E-state index in [0.717, 1.165) is 5.01 Å². The zero-order valence-corrected chi connectivity index (χ0v) is 11.9. The number of hydrazine groups is 1. The van der Waals surface area contributed by atoms with Crippen molar-refractivity contribution in [1.29, 1.82) is 0 Å². The summed E-state index contributed by atoms with van der Waals surface area (Å²) >= 11 is 0. The Bertz CT molecular complexity index is 579. The number of nitrogens with two attached hydrogens (primary N) is 1. The Hall–Kier alpha value is -2.13. The normalized spacial score (nSPS) is 10.2. The van der Waals surface area contributed by atoms with Crippen LogP contribution in [0.5, 0.6) is 0 Å². The van der Waals surface area contributed by atoms with Gasteiger partial charge >= 0.3 is 5.97 Å². The summed E-state index contributed by atoms with van der Waals surface area (Å²) in [6.45, 7) is 0. The molecular weight excluding hydrogens is 286 g/mol. The first-order chi connectivity index (χ1) is 9.38. The number of carbonyl (C=O) groups is 2. The van der Waals surface area contributed by atoms with Crippen molar-refractivity contribution in [3.05, 3.63) is 23.8 Å². The maximum absolute atomic E-state index is 11.6. The molecule has 8 nitrogen and oxygen atoms in total. The van der Waals surface area contributed by atoms with Crippen molar-refractivity contribution in [3.63, 3.8) is 0 Å². The highest BCUT2D eigenvalue weighted by Gasteiger charge is 2.13. The van der Waals surface area contributed by atoms with Gasteiger partial charge in [0.2, 0.25) is 6.41 Å². The molecule has 110 valence electrons. The molecule has 0 unspecified atom stereocenters. The molecule has 0 heterocycles. The number of ether oxygens (including phenoxy) is 1. The van der Waals surface area contributed by atoms with E-state index in [2.05, 4.69) is 4.74 Å². The molecule has 0 saturated carbocycles. The molecule has 1 aromatic carbocycles. The van der Waals surface area contributed by atoms with Gasteiger partial charge in [-0.05, 0) is 18.2 Å². The van der Waals surface area contributed by atoms with E-state index in [1.807, 2.05) is 0 Å². The van der Waals surface area contributed by atoms with Crippen molar-refractivity contribution in [2.24, 2.45) is 5.84 Å². The summed E-state index contributed by atoms with van der Waals surface area (Å²) in [6, 6.07) is 4.31. The lowest BCUT2D eigenvalue weighted by Crippen LogP contribution is -2.29. The van der Waals surface area contributed by atoms with Crippen LogP contribution in [-0.2, 0) is 20.2 Å². The highest BCUT2D eigenvalue weighted by atomic mass is 32.2. The minimum Gasteiger partial charge on any atom is -0.465 e. The molecule has 0 aromatic heterocycles. The lowest BCUT2D eigenvalue weighted by Gasteiger charge is -2.20. The molecule has 0 atom stereocenters. The third-order valence-electron chi connectivity index (χ3n) is 2.50. The van der Waals surface area contributed by atoms with Gasteiger partial charge in [0.25, 0.3) is 0 Å². The first-order valence-electron chi connectivity index (χ1n) is 5.44. The average molecular weight is 301 g/mol. The smallest absolute Gasteiger partial charge is 0.337 e. The topological polar surface area (TPSA) is 110 Å². The van der Waals surface area contributed by atoms with Crippen LogP contribution < -0.4 is 15.8 Å². The molecule has 2 N–H and O–H groups in total. The van der Waals surface area contributed by atoms with E-state index in [0.29, 0.717) is 12.1 Å². The van der Waals surface area contributed by atoms with Crippen LogP contribution in [0.4, 0.5) is 11.4 Å². The number of amides is 1. The second-order valence-electron chi connectivity index (χ2n) is 3.91. The van der Waals surface area contributed by atoms with E-state index in [4.69, 9.17) is 5.84 Å². The van der Waals surface area contributed by atoms with Crippen LogP contribution in [-0.4, -0.2) is 40.8 Å². The maximum Gasteiger partial charge on any atom is 0.337 e. The Morgan fingerprint density at radius 2 is 1.95 bits per heavy atom. The van der Waals surface area contributed by atoms with Crippen molar-refractivity contribution in [3.8, 4) is 0 Å². The molecule has 0 bridgehead atoms. The predicted octanol–water partition coefficient (Wildman–Crippen LogP) is -0.685. The zero-order chi connectivity index (χ0) is 15.3. The third kappa shape index (κ3) is 3.93. The first-order valence-corrected chi connectivity index (χ1v) is 6.81. The molecule has 0 aliphatic rings. The van der Waals surface area contributed by atoms with Crippen molar-refractivity contribution in [2.45, 2.75) is 0 Å². The van der Waals surface area contributed by atoms with Crippen molar-refractivity contribution >= 4 is 34.5 Å². The summed E-state index contributed by atoms with van der Waals surface area (Å²) in [6.07, 6.45) is 0.369. The molecule has 9 heteroatoms. The van der Waals surface area contributed by atoms with Gasteiger partial charge in [0.15, 0.2) is 10.7 Å². The number of methoxy groups -OCH3 is 1. The fourth-order valence-corrected chi connectivity index (χ4v) is 2.03. The van der Waals surface area contributed by atoms with E-state index >= 15 is 0 Å². The SMILES string of the molecule is COC(=O)c1cc(N(N)C=O)cc(N(C)C[SH](=O)=O)c1. The summed E-state index contributed by atoms with van der Waals surface area (Å²) in [5, 5.41) is 0.779. The van der Waals surface area contributed by atoms with E-state index < -0.39 is 16.7 Å². The van der Waals surface area contributed by atoms with Gasteiger partial charge in [-0.15, -0.1) is 0 Å². The second-order valence-corrected chi connectivity index (χ2v) is 4.86. The Labute approximate surface area is 117 Å². The average Bonchev–Trinajstić information content (AvgIpc) is 2.44. The van der Waals surface area contributed by atoms with Crippen LogP contribution in [0.15, 0.2) is 18.2 Å². The lowest BCUT2D eigenvalue weighted by atomic mass is 10.1. The maximum atomic E-state index is 11.6. The summed E-state index contributed by atoms with van der Waals surface area (Å²) in [7, 11) is 0.125. The minimum absolute atomic E-state index is 0.158. The van der Waals surface area contributed by atoms with E-state index in [-0.39, 0.29) is 17.1 Å². The Kier molecular flexibility index (Phi) is 5.47. The van der Waals surface area contributed by atoms with E-state index in [1.54, 1.807) is 0 Å². The Morgan fingerprint density at radius 3 is 2.45 bits per heavy atom. The van der Waals surface area contributed by atoms with Crippen LogP contribution in [0.3, 0.4) is 0 Å². The molecule has 0 aliphatic heterocycles. The van der Waals surface area contributed by atoms with Gasteiger partial charge in [0.1, 0.15) is 5.88 Å². The van der Waals surface area contributed by atoms with Gasteiger partial charge in [-0.2, -0.15) is 0 Å². The minimum atomic E-state index is -2.63. The number of hydrogen-bond acceptors (Lipinski definition) is 7. The number of anilines is 2. The fraction of sp³-hybridized carbons (Fsp3) is 0.273. The number of rotatable bonds is 6. The van der Waals surface area contributed by atoms with Crippen molar-refractivity contribution in [2.75, 3.05) is 29.9 Å². The van der Waals surface area contributed by atoms with Crippen molar-refractivity contribution < 1.29 is 22.7 Å². The van der Waals surface area contributed by atoms with Crippen LogP contribution >= 0.6 is 0 Å². The van der Waals surface area contributed by atoms with Gasteiger partial charge in [-0.25, -0.2) is 19.1 Å². The first kappa shape index (κ1) is 15.9. The summed E-state index contributed by atoms with van der Waals surface area (Å²) < 4.78 is 26.1. The number of esters is 1. The number of thiol groups is 1. The molecule has 1 rings (SSSR count). The third-order valence-corrected chi connectivity index (χ3v) is 3.16. The predicted molar refractivity (Wildman–Crippen MR) is 74.1 cm³/mol. The van der Waals surface area contributed by atoms with Gasteiger partial charge in [0.05, 0.1) is 18.4 Å². The monoisotopic (exact) mass is 301 g/mol. The number of nitrogens with zero attached hydrogens (tertiary/aromatic N) is 2. The van der Waals surface area contributed by atoms with Gasteiger partial charge in [-0.1, -0.05) is 0 Å². The molecule has 0 aliphatic carbocycles. The molecule has 0 spiro atoms. The summed E-state index contributed by atoms with van der Waals surface area (Å²) in [5.41, 5.74) is 0.815. The summed E-state index contributed by atoms with van der Waals surface area (Å²) in [5.74, 6) is 4.60. The molecular formula is C11H15N3O5S.